The highest BCUT2D eigenvalue weighted by atomic mass is 32.1. The number of alkyl halides is 1. The summed E-state index contributed by atoms with van der Waals surface area (Å²) in [6.07, 6.45) is 5.65. The molecule has 3 heterocycles. The van der Waals surface area contributed by atoms with Crippen LogP contribution in [0.25, 0.3) is 10.9 Å². The van der Waals surface area contributed by atoms with E-state index in [1.165, 1.54) is 6.33 Å². The Balaban J connectivity index is 1.08. The second-order valence-electron chi connectivity index (χ2n) is 9.34. The van der Waals surface area contributed by atoms with E-state index in [1.807, 2.05) is 17.5 Å². The maximum atomic E-state index is 13.0. The summed E-state index contributed by atoms with van der Waals surface area (Å²) in [7, 11) is 0. The number of likely N-dealkylation sites (tertiary alicyclic amines) is 1. The molecule has 2 aliphatic rings. The van der Waals surface area contributed by atoms with Crippen LogP contribution in [0, 0.1) is 5.92 Å². The molecule has 1 aliphatic carbocycles. The number of nitrogens with one attached hydrogen (secondary N) is 1. The Kier molecular flexibility index (Phi) is 6.40. The Bertz CT molecular complexity index is 1110. The Hall–Kier alpha value is -2.42. The molecule has 1 saturated heterocycles. The average molecular weight is 469 g/mol. The van der Waals surface area contributed by atoms with E-state index in [4.69, 9.17) is 0 Å². The molecule has 0 radical (unpaired) electrons. The van der Waals surface area contributed by atoms with Gasteiger partial charge in [0, 0.05) is 35.8 Å². The minimum absolute atomic E-state index is 0.164. The van der Waals surface area contributed by atoms with Crippen LogP contribution in [0.5, 0.6) is 0 Å². The van der Waals surface area contributed by atoms with Crippen LogP contribution in [0.2, 0.25) is 0 Å². The number of anilines is 1. The molecule has 1 aliphatic heterocycles. The van der Waals surface area contributed by atoms with Gasteiger partial charge in [0.15, 0.2) is 5.78 Å². The van der Waals surface area contributed by atoms with Crippen LogP contribution in [0.4, 0.5) is 10.2 Å². The average Bonchev–Trinajstić information content (AvgIpc) is 3.36. The van der Waals surface area contributed by atoms with Gasteiger partial charge in [-0.15, -0.1) is 11.3 Å². The standard InChI is InChI=1S/C25H29FN4O2S/c26-14-17-3-4-22-21(13-17)24(29-16-28-22)27-15-20(31)12-18-10-19(11-18)30-7-5-25(32,6-8-30)23-2-1-9-33-23/h1-4,9,13,16,18-19,32H,5-8,10-12,14-15H2,(H,27,28,29). The van der Waals surface area contributed by atoms with Gasteiger partial charge >= 0.3 is 0 Å². The van der Waals surface area contributed by atoms with Crippen molar-refractivity contribution in [3.05, 3.63) is 52.5 Å². The summed E-state index contributed by atoms with van der Waals surface area (Å²) in [5.74, 6) is 1.15. The van der Waals surface area contributed by atoms with Crippen LogP contribution in [0.15, 0.2) is 42.0 Å². The summed E-state index contributed by atoms with van der Waals surface area (Å²) in [5.41, 5.74) is 0.621. The molecule has 0 bridgehead atoms. The Morgan fingerprint density at radius 2 is 2.06 bits per heavy atom. The van der Waals surface area contributed by atoms with Crippen molar-refractivity contribution in [2.24, 2.45) is 5.92 Å². The van der Waals surface area contributed by atoms with E-state index in [-0.39, 0.29) is 12.3 Å². The summed E-state index contributed by atoms with van der Waals surface area (Å²) in [6, 6.07) is 9.77. The number of thiophene rings is 1. The molecule has 33 heavy (non-hydrogen) atoms. The molecule has 6 nitrogen and oxygen atoms in total. The Labute approximate surface area is 196 Å². The molecule has 2 fully saturated rings. The van der Waals surface area contributed by atoms with Crippen molar-refractivity contribution in [1.29, 1.82) is 0 Å². The van der Waals surface area contributed by atoms with E-state index in [9.17, 15) is 14.3 Å². The van der Waals surface area contributed by atoms with Crippen LogP contribution in [-0.2, 0) is 17.1 Å². The van der Waals surface area contributed by atoms with E-state index in [0.717, 1.165) is 54.6 Å². The van der Waals surface area contributed by atoms with Gasteiger partial charge in [0.05, 0.1) is 12.1 Å². The minimum atomic E-state index is -0.675. The van der Waals surface area contributed by atoms with Gasteiger partial charge in [-0.05, 0) is 60.7 Å². The number of Topliss-reactive ketones (excluding diaryl/α,β-unsaturated/α-hetero) is 1. The third kappa shape index (κ3) is 4.78. The zero-order valence-electron chi connectivity index (χ0n) is 18.5. The molecule has 3 aromatic rings. The van der Waals surface area contributed by atoms with Crippen molar-refractivity contribution < 1.29 is 14.3 Å². The number of nitrogens with zero attached hydrogens (tertiary/aromatic N) is 3. The minimum Gasteiger partial charge on any atom is -0.384 e. The molecule has 0 amide bonds. The lowest BCUT2D eigenvalue weighted by Crippen LogP contribution is -2.51. The summed E-state index contributed by atoms with van der Waals surface area (Å²) in [6.45, 7) is 1.48. The first-order chi connectivity index (χ1) is 16.0. The third-order valence-corrected chi connectivity index (χ3v) is 8.22. The van der Waals surface area contributed by atoms with Crippen LogP contribution in [-0.4, -0.2) is 51.4 Å². The smallest absolute Gasteiger partial charge is 0.152 e. The molecule has 0 unspecified atom stereocenters. The highest BCUT2D eigenvalue weighted by Gasteiger charge is 2.40. The number of aliphatic hydroxyl groups is 1. The Morgan fingerprint density at radius 1 is 1.24 bits per heavy atom. The number of ketones is 1. The highest BCUT2D eigenvalue weighted by Crippen LogP contribution is 2.40. The topological polar surface area (TPSA) is 78.4 Å². The number of piperidine rings is 1. The SMILES string of the molecule is O=C(CNc1ncnc2ccc(CF)cc12)CC1CC(N2CCC(O)(c3cccs3)CC2)C1. The van der Waals surface area contributed by atoms with Gasteiger partial charge in [-0.1, -0.05) is 12.1 Å². The summed E-state index contributed by atoms with van der Waals surface area (Å²) >= 11 is 1.63. The lowest BCUT2D eigenvalue weighted by Gasteiger charge is -2.47. The maximum absolute atomic E-state index is 13.0. The molecule has 8 heteroatoms. The molecule has 1 aromatic carbocycles. The Morgan fingerprint density at radius 3 is 2.79 bits per heavy atom. The third-order valence-electron chi connectivity index (χ3n) is 7.16. The predicted octanol–water partition coefficient (Wildman–Crippen LogP) is 4.29. The lowest BCUT2D eigenvalue weighted by atomic mass is 9.75. The van der Waals surface area contributed by atoms with Crippen molar-refractivity contribution in [3.8, 4) is 0 Å². The number of carbonyl (C=O) groups excluding carboxylic acids is 1. The fourth-order valence-corrected chi connectivity index (χ4v) is 6.00. The number of halogens is 1. The van der Waals surface area contributed by atoms with Crippen LogP contribution in [0.3, 0.4) is 0 Å². The van der Waals surface area contributed by atoms with Gasteiger partial charge in [-0.2, -0.15) is 0 Å². The molecular weight excluding hydrogens is 439 g/mol. The van der Waals surface area contributed by atoms with Gasteiger partial charge in [0.1, 0.15) is 24.4 Å². The van der Waals surface area contributed by atoms with Crippen molar-refractivity contribution in [2.45, 2.75) is 50.4 Å². The van der Waals surface area contributed by atoms with Crippen LogP contribution >= 0.6 is 11.3 Å². The first-order valence-corrected chi connectivity index (χ1v) is 12.5. The fraction of sp³-hybridized carbons (Fsp3) is 0.480. The zero-order valence-corrected chi connectivity index (χ0v) is 19.4. The van der Waals surface area contributed by atoms with Gasteiger partial charge in [-0.3, -0.25) is 4.79 Å². The number of aromatic nitrogens is 2. The molecule has 0 atom stereocenters. The molecule has 2 aromatic heterocycles. The summed E-state index contributed by atoms with van der Waals surface area (Å²) < 4.78 is 13.0. The quantitative estimate of drug-likeness (QED) is 0.513. The van der Waals surface area contributed by atoms with Crippen molar-refractivity contribution in [3.63, 3.8) is 0 Å². The van der Waals surface area contributed by atoms with Gasteiger partial charge in [0.25, 0.3) is 0 Å². The van der Waals surface area contributed by atoms with Crippen LogP contribution in [0.1, 0.15) is 42.5 Å². The number of carbonyl (C=O) groups is 1. The second kappa shape index (κ2) is 9.44. The van der Waals surface area contributed by atoms with Gasteiger partial charge in [0.2, 0.25) is 0 Å². The van der Waals surface area contributed by atoms with E-state index < -0.39 is 12.3 Å². The molecule has 0 spiro atoms. The van der Waals surface area contributed by atoms with Crippen molar-refractivity contribution >= 4 is 33.8 Å². The normalized spacial score (nSPS) is 22.7. The molecule has 1 saturated carbocycles. The lowest BCUT2D eigenvalue weighted by molar-refractivity contribution is -0.119. The number of hydrogen-bond acceptors (Lipinski definition) is 7. The maximum Gasteiger partial charge on any atom is 0.152 e. The van der Waals surface area contributed by atoms with Gasteiger partial charge < -0.3 is 15.3 Å². The summed E-state index contributed by atoms with van der Waals surface area (Å²) in [5, 5.41) is 16.8. The van der Waals surface area contributed by atoms with Crippen molar-refractivity contribution in [1.82, 2.24) is 14.9 Å². The molecular formula is C25H29FN4O2S. The molecule has 174 valence electrons. The van der Waals surface area contributed by atoms with E-state index in [2.05, 4.69) is 20.2 Å². The number of hydrogen-bond donors (Lipinski definition) is 2. The molecule has 5 rings (SSSR count). The molecule has 2 N–H and O–H groups in total. The predicted molar refractivity (Wildman–Crippen MR) is 128 cm³/mol. The largest absolute Gasteiger partial charge is 0.384 e. The number of fused-ring (bicyclic) bond motifs is 1. The van der Waals surface area contributed by atoms with Gasteiger partial charge in [-0.25, -0.2) is 14.4 Å². The van der Waals surface area contributed by atoms with E-state index >= 15 is 0 Å². The first kappa shape index (κ1) is 22.4. The summed E-state index contributed by atoms with van der Waals surface area (Å²) in [4.78, 5) is 24.6. The zero-order chi connectivity index (χ0) is 22.8. The van der Waals surface area contributed by atoms with Crippen molar-refractivity contribution in [2.75, 3.05) is 25.0 Å². The monoisotopic (exact) mass is 468 g/mol. The van der Waals surface area contributed by atoms with E-state index in [0.29, 0.717) is 29.8 Å². The fourth-order valence-electron chi connectivity index (χ4n) is 5.12. The van der Waals surface area contributed by atoms with E-state index in [1.54, 1.807) is 29.5 Å². The highest BCUT2D eigenvalue weighted by molar-refractivity contribution is 7.10. The second-order valence-corrected chi connectivity index (χ2v) is 10.3. The number of rotatable bonds is 8. The number of benzene rings is 1. The van der Waals surface area contributed by atoms with Crippen LogP contribution < -0.4 is 5.32 Å². The first-order valence-electron chi connectivity index (χ1n) is 11.6.